The van der Waals surface area contributed by atoms with Crippen molar-refractivity contribution in [2.24, 2.45) is 0 Å². The van der Waals surface area contributed by atoms with Crippen LogP contribution in [0.15, 0.2) is 47.4 Å². The fraction of sp³-hybridized carbons (Fsp3) is 0.458. The first-order valence-electron chi connectivity index (χ1n) is 10.9. The molecule has 0 aliphatic heterocycles. The first-order valence-corrected chi connectivity index (χ1v) is 10.9. The fourth-order valence-electron chi connectivity index (χ4n) is 2.84. The van der Waals surface area contributed by atoms with E-state index in [1.807, 2.05) is 43.3 Å². The number of rotatable bonds is 15. The molecule has 2 atom stereocenters. The van der Waals surface area contributed by atoms with Crippen molar-refractivity contribution in [2.75, 3.05) is 51.0 Å². The molecule has 2 rings (SSSR count). The van der Waals surface area contributed by atoms with Gasteiger partial charge in [-0.3, -0.25) is 4.79 Å². The maximum absolute atomic E-state index is 11.1. The number of nitrogens with one attached hydrogen (secondary N) is 1. The summed E-state index contributed by atoms with van der Waals surface area (Å²) in [5.41, 5.74) is 2.79. The number of H-pyrrole nitrogens is 1. The minimum atomic E-state index is -0.879. The van der Waals surface area contributed by atoms with Crippen LogP contribution in [0.5, 0.6) is 0 Å². The van der Waals surface area contributed by atoms with Gasteiger partial charge in [0.2, 0.25) is 5.56 Å². The number of aliphatic hydroxyl groups excluding tert-OH is 3. The highest BCUT2D eigenvalue weighted by Gasteiger charge is 2.09. The van der Waals surface area contributed by atoms with Gasteiger partial charge in [0.05, 0.1) is 39.1 Å². The molecular formula is C24H34N2O6. The van der Waals surface area contributed by atoms with Gasteiger partial charge in [-0.05, 0) is 35.7 Å². The Balaban J connectivity index is 1.95. The van der Waals surface area contributed by atoms with E-state index in [0.717, 1.165) is 16.8 Å². The largest absolute Gasteiger partial charge is 0.394 e. The van der Waals surface area contributed by atoms with Crippen LogP contribution in [0.25, 0.3) is 12.2 Å². The molecule has 0 saturated carbocycles. The van der Waals surface area contributed by atoms with E-state index in [2.05, 4.69) is 9.88 Å². The number of aromatic amines is 1. The summed E-state index contributed by atoms with van der Waals surface area (Å²) in [6.07, 6.45) is 4.87. The van der Waals surface area contributed by atoms with Crippen LogP contribution < -0.4 is 10.5 Å². The van der Waals surface area contributed by atoms with Gasteiger partial charge in [0, 0.05) is 31.0 Å². The first-order chi connectivity index (χ1) is 15.5. The Labute approximate surface area is 188 Å². The van der Waals surface area contributed by atoms with Crippen LogP contribution in [0.3, 0.4) is 0 Å². The van der Waals surface area contributed by atoms with Crippen molar-refractivity contribution in [2.45, 2.75) is 25.6 Å². The van der Waals surface area contributed by atoms with Crippen LogP contribution in [0, 0.1) is 0 Å². The normalized spacial score (nSPS) is 13.4. The van der Waals surface area contributed by atoms with Gasteiger partial charge in [-0.25, -0.2) is 0 Å². The number of pyridine rings is 1. The summed E-state index contributed by atoms with van der Waals surface area (Å²) in [6.45, 7) is 4.03. The highest BCUT2D eigenvalue weighted by atomic mass is 16.5. The highest BCUT2D eigenvalue weighted by Crippen LogP contribution is 2.17. The molecule has 1 heterocycles. The number of nitrogens with zero attached hydrogens (tertiary/aromatic N) is 1. The van der Waals surface area contributed by atoms with Crippen LogP contribution in [0.4, 0.5) is 5.69 Å². The zero-order chi connectivity index (χ0) is 23.2. The molecule has 176 valence electrons. The summed E-state index contributed by atoms with van der Waals surface area (Å²) in [7, 11) is 0. The average Bonchev–Trinajstić information content (AvgIpc) is 2.82. The van der Waals surface area contributed by atoms with E-state index in [4.69, 9.17) is 14.6 Å². The van der Waals surface area contributed by atoms with Crippen LogP contribution in [0.1, 0.15) is 24.5 Å². The molecule has 2 unspecified atom stereocenters. The number of ether oxygens (including phenoxy) is 2. The molecule has 0 spiro atoms. The molecule has 0 fully saturated rings. The standard InChI is InChI=1S/C24H34N2O6/c1-2-22(28)17-31-13-11-26(12-14-32-18-23(29)16-27)21-8-5-19(6-9-21)3-4-20-7-10-24(30)25-15-20/h3-10,15,22-23,27-29H,2,11-14,16-18H2,1H3,(H,25,30)/b4-3+. The minimum Gasteiger partial charge on any atom is -0.394 e. The third-order valence-electron chi connectivity index (χ3n) is 4.85. The Bertz CT molecular complexity index is 814. The van der Waals surface area contributed by atoms with Crippen LogP contribution in [0.2, 0.25) is 0 Å². The minimum absolute atomic E-state index is 0.0814. The third-order valence-corrected chi connectivity index (χ3v) is 4.85. The summed E-state index contributed by atoms with van der Waals surface area (Å²) in [5.74, 6) is 0. The molecule has 0 saturated heterocycles. The van der Waals surface area contributed by atoms with Crippen LogP contribution in [-0.2, 0) is 9.47 Å². The lowest BCUT2D eigenvalue weighted by Gasteiger charge is -2.25. The summed E-state index contributed by atoms with van der Waals surface area (Å²) in [4.78, 5) is 15.9. The predicted molar refractivity (Wildman–Crippen MR) is 126 cm³/mol. The maximum atomic E-state index is 11.1. The average molecular weight is 447 g/mol. The Morgan fingerprint density at radius 2 is 1.53 bits per heavy atom. The van der Waals surface area contributed by atoms with Crippen molar-refractivity contribution < 1.29 is 24.8 Å². The predicted octanol–water partition coefficient (Wildman–Crippen LogP) is 1.51. The van der Waals surface area contributed by atoms with Crippen LogP contribution in [-0.4, -0.2) is 78.6 Å². The molecule has 1 aromatic carbocycles. The lowest BCUT2D eigenvalue weighted by Crippen LogP contribution is -2.32. The quantitative estimate of drug-likeness (QED) is 0.307. The van der Waals surface area contributed by atoms with Crippen molar-refractivity contribution in [3.63, 3.8) is 0 Å². The molecule has 0 bridgehead atoms. The molecule has 1 aromatic heterocycles. The maximum Gasteiger partial charge on any atom is 0.247 e. The number of aromatic nitrogens is 1. The molecule has 2 aromatic rings. The van der Waals surface area contributed by atoms with Gasteiger partial charge >= 0.3 is 0 Å². The zero-order valence-corrected chi connectivity index (χ0v) is 18.5. The van der Waals surface area contributed by atoms with E-state index >= 15 is 0 Å². The summed E-state index contributed by atoms with van der Waals surface area (Å²) < 4.78 is 11.0. The van der Waals surface area contributed by atoms with Crippen molar-refractivity contribution in [1.82, 2.24) is 4.98 Å². The SMILES string of the molecule is CCC(O)COCCN(CCOCC(O)CO)c1ccc(/C=C/c2ccc(=O)[nH]c2)cc1. The fourth-order valence-corrected chi connectivity index (χ4v) is 2.84. The Morgan fingerprint density at radius 1 is 0.938 bits per heavy atom. The lowest BCUT2D eigenvalue weighted by atomic mass is 10.1. The lowest BCUT2D eigenvalue weighted by molar-refractivity contribution is 0.00781. The van der Waals surface area contributed by atoms with Gasteiger partial charge in [-0.15, -0.1) is 0 Å². The van der Waals surface area contributed by atoms with E-state index in [1.165, 1.54) is 6.07 Å². The molecular weight excluding hydrogens is 412 g/mol. The van der Waals surface area contributed by atoms with Crippen molar-refractivity contribution in [3.05, 3.63) is 64.1 Å². The van der Waals surface area contributed by atoms with E-state index in [9.17, 15) is 15.0 Å². The topological polar surface area (TPSA) is 115 Å². The second-order valence-corrected chi connectivity index (χ2v) is 7.45. The second kappa shape index (κ2) is 14.5. The smallest absolute Gasteiger partial charge is 0.247 e. The van der Waals surface area contributed by atoms with Gasteiger partial charge in [0.1, 0.15) is 6.10 Å². The summed E-state index contributed by atoms with van der Waals surface area (Å²) >= 11 is 0. The monoisotopic (exact) mass is 446 g/mol. The number of benzene rings is 1. The van der Waals surface area contributed by atoms with E-state index in [-0.39, 0.29) is 18.8 Å². The Hall–Kier alpha value is -2.49. The molecule has 4 N–H and O–H groups in total. The van der Waals surface area contributed by atoms with E-state index in [1.54, 1.807) is 12.3 Å². The first kappa shape index (κ1) is 25.8. The molecule has 8 heteroatoms. The Kier molecular flexibility index (Phi) is 11.7. The molecule has 8 nitrogen and oxygen atoms in total. The van der Waals surface area contributed by atoms with Gasteiger partial charge in [-0.1, -0.05) is 31.2 Å². The zero-order valence-electron chi connectivity index (χ0n) is 18.5. The number of hydrogen-bond donors (Lipinski definition) is 4. The van der Waals surface area contributed by atoms with E-state index in [0.29, 0.717) is 39.3 Å². The van der Waals surface area contributed by atoms with Crippen LogP contribution >= 0.6 is 0 Å². The van der Waals surface area contributed by atoms with Gasteiger partial charge < -0.3 is 34.7 Å². The third kappa shape index (κ3) is 9.76. The summed E-state index contributed by atoms with van der Waals surface area (Å²) in [6, 6.07) is 11.3. The summed E-state index contributed by atoms with van der Waals surface area (Å²) in [5, 5.41) is 27.9. The molecule has 0 aliphatic carbocycles. The number of hydrogen-bond acceptors (Lipinski definition) is 7. The van der Waals surface area contributed by atoms with Gasteiger partial charge in [0.25, 0.3) is 0 Å². The van der Waals surface area contributed by atoms with Crippen molar-refractivity contribution in [1.29, 1.82) is 0 Å². The van der Waals surface area contributed by atoms with Gasteiger partial charge in [-0.2, -0.15) is 0 Å². The van der Waals surface area contributed by atoms with Gasteiger partial charge in [0.15, 0.2) is 0 Å². The van der Waals surface area contributed by atoms with E-state index < -0.39 is 12.2 Å². The number of anilines is 1. The molecule has 32 heavy (non-hydrogen) atoms. The molecule has 0 aliphatic rings. The Morgan fingerprint density at radius 3 is 2.09 bits per heavy atom. The second-order valence-electron chi connectivity index (χ2n) is 7.45. The number of aliphatic hydroxyl groups is 3. The molecule has 0 radical (unpaired) electrons. The highest BCUT2D eigenvalue weighted by molar-refractivity contribution is 5.70. The van der Waals surface area contributed by atoms with Crippen molar-refractivity contribution in [3.8, 4) is 0 Å². The van der Waals surface area contributed by atoms with Crippen molar-refractivity contribution >= 4 is 17.8 Å². The molecule has 0 amide bonds.